The Balaban J connectivity index is 0.754. The zero-order valence-electron chi connectivity index (χ0n) is 68.6. The molecule has 2 aliphatic rings. The summed E-state index contributed by atoms with van der Waals surface area (Å²) >= 11 is 0. The third-order valence-corrected chi connectivity index (χ3v) is 22.2. The van der Waals surface area contributed by atoms with Gasteiger partial charge in [-0.2, -0.15) is 0 Å². The van der Waals surface area contributed by atoms with E-state index in [0.29, 0.717) is 49.4 Å². The summed E-state index contributed by atoms with van der Waals surface area (Å²) in [5.41, 5.74) is 6.38. The molecule has 12 heteroatoms. The first kappa shape index (κ1) is 86.5. The van der Waals surface area contributed by atoms with Crippen LogP contribution in [0.3, 0.4) is 0 Å². The highest BCUT2D eigenvalue weighted by atomic mass is 16.7. The Labute approximate surface area is 678 Å². The van der Waals surface area contributed by atoms with E-state index in [9.17, 15) is 9.59 Å². The molecular formula is C101H132O12. The smallest absolute Gasteiger partial charge is 0.347 e. The van der Waals surface area contributed by atoms with Crippen molar-refractivity contribution in [3.8, 4) is 79.7 Å². The van der Waals surface area contributed by atoms with Crippen LogP contribution >= 0.6 is 0 Å². The van der Waals surface area contributed by atoms with Crippen LogP contribution in [-0.2, 0) is 13.2 Å². The van der Waals surface area contributed by atoms with Crippen LogP contribution in [0, 0.1) is 0 Å². The number of unbranched alkanes of at least 4 members (excludes halogenated alkanes) is 18. The van der Waals surface area contributed by atoms with Gasteiger partial charge in [0.2, 0.25) is 6.79 Å². The molecule has 0 spiro atoms. The maximum absolute atomic E-state index is 14.3. The number of hydrogen-bond acceptors (Lipinski definition) is 12. The Morgan fingerprint density at radius 2 is 0.531 bits per heavy atom. The number of esters is 2. The predicted octanol–water partition coefficient (Wildman–Crippen LogP) is 28.7. The first-order chi connectivity index (χ1) is 55.8. The third kappa shape index (κ3) is 32.9. The first-order valence-corrected chi connectivity index (χ1v) is 44.2. The molecule has 8 aromatic carbocycles. The molecule has 0 saturated heterocycles. The molecule has 2 fully saturated rings. The number of carbonyl (C=O) groups is 2. The second-order valence-corrected chi connectivity index (χ2v) is 31.5. The van der Waals surface area contributed by atoms with Crippen LogP contribution in [0.4, 0.5) is 0 Å². The van der Waals surface area contributed by atoms with Gasteiger partial charge < -0.3 is 47.4 Å². The summed E-state index contributed by atoms with van der Waals surface area (Å²) in [6.45, 7) is 6.04. The van der Waals surface area contributed by atoms with Gasteiger partial charge in [0.15, 0.2) is 0 Å². The summed E-state index contributed by atoms with van der Waals surface area (Å²) in [6, 6.07) is 57.9. The monoisotopic (exact) mass is 1540 g/mol. The molecule has 0 atom stereocenters. The quantitative estimate of drug-likeness (QED) is 0.0156. The lowest BCUT2D eigenvalue weighted by Gasteiger charge is -2.20. The fraction of sp³-hybridized carbons (Fsp3) is 0.505. The van der Waals surface area contributed by atoms with E-state index >= 15 is 0 Å². The summed E-state index contributed by atoms with van der Waals surface area (Å²) in [5, 5.41) is 0. The van der Waals surface area contributed by atoms with Crippen molar-refractivity contribution in [1.82, 2.24) is 0 Å². The van der Waals surface area contributed by atoms with Crippen molar-refractivity contribution in [3.05, 3.63) is 204 Å². The van der Waals surface area contributed by atoms with E-state index in [2.05, 4.69) is 62.4 Å². The maximum Gasteiger partial charge on any atom is 0.347 e. The fourth-order valence-corrected chi connectivity index (χ4v) is 15.3. The van der Waals surface area contributed by atoms with Gasteiger partial charge in [0.1, 0.15) is 81.8 Å². The molecule has 2 aliphatic carbocycles. The van der Waals surface area contributed by atoms with Gasteiger partial charge in [-0.1, -0.05) is 292 Å². The zero-order chi connectivity index (χ0) is 78.2. The highest BCUT2D eigenvalue weighted by Gasteiger charge is 2.22. The molecule has 0 bridgehead atoms. The van der Waals surface area contributed by atoms with Crippen LogP contribution in [0.2, 0.25) is 0 Å². The SMILES string of the molecule is CCCCCCCCCCCCOc1ccc(C(=O)Oc2ccc(-c3ccc(OCc4ccc(OC5CCCCCCCCCCC5)cc4)cc3)cc2)c(OCOc2cc(OCCCCCCCCCCCC)ccc2C(=O)Oc2ccc(-c3ccc(OCc4ccc(OC5CCCCCCCCCCC5)cc4)cc3)cc2)c1. The van der Waals surface area contributed by atoms with Gasteiger partial charge in [-0.25, -0.2) is 9.59 Å². The van der Waals surface area contributed by atoms with E-state index in [-0.39, 0.29) is 41.6 Å². The van der Waals surface area contributed by atoms with E-state index in [1.54, 1.807) is 60.7 Å². The van der Waals surface area contributed by atoms with E-state index in [0.717, 1.165) is 121 Å². The Hall–Kier alpha value is -8.90. The van der Waals surface area contributed by atoms with Gasteiger partial charge in [0.05, 0.1) is 25.4 Å². The molecule has 608 valence electrons. The summed E-state index contributed by atoms with van der Waals surface area (Å²) in [6.07, 6.45) is 53.0. The Kier molecular flexibility index (Phi) is 39.6. The molecule has 10 rings (SSSR count). The van der Waals surface area contributed by atoms with Crippen molar-refractivity contribution < 1.29 is 57.0 Å². The highest BCUT2D eigenvalue weighted by Crippen LogP contribution is 2.34. The third-order valence-electron chi connectivity index (χ3n) is 22.2. The standard InChI is InChI=1S/C101H132O12/c1-3-5-7-9-11-13-21-27-33-39-73-104-94-69-71-96(100(102)112-92-65-53-84(54-66-92)82-49-61-86(62-50-82)106-77-80-45-57-90(58-46-80)110-88-41-35-29-23-17-15-18-24-30-36-42-88)98(75-94)108-79-109-99-76-95(105-74-40-34-28-22-14-12-10-8-6-4-2)70-72-97(99)101(103)113-93-67-55-85(56-68-93)83-51-63-87(64-52-83)107-78-81-47-59-91(60-48-81)111-89-43-37-31-25-19-16-20-26-32-38-44-89/h45-72,75-76,88-89H,3-44,73-74,77-79H2,1-2H3. The van der Waals surface area contributed by atoms with E-state index in [1.807, 2.05) is 72.8 Å². The zero-order valence-corrected chi connectivity index (χ0v) is 68.6. The largest absolute Gasteiger partial charge is 0.493 e. The second-order valence-electron chi connectivity index (χ2n) is 31.5. The molecule has 0 N–H and O–H groups in total. The van der Waals surface area contributed by atoms with E-state index in [4.69, 9.17) is 47.4 Å². The number of ether oxygens (including phenoxy) is 10. The maximum atomic E-state index is 14.3. The fourth-order valence-electron chi connectivity index (χ4n) is 15.3. The lowest BCUT2D eigenvalue weighted by atomic mass is 9.99. The minimum absolute atomic E-state index is 0.171. The molecule has 0 heterocycles. The summed E-state index contributed by atoms with van der Waals surface area (Å²) in [4.78, 5) is 28.7. The van der Waals surface area contributed by atoms with Crippen molar-refractivity contribution >= 4 is 11.9 Å². The molecule has 0 radical (unpaired) electrons. The van der Waals surface area contributed by atoms with Crippen molar-refractivity contribution in [2.24, 2.45) is 0 Å². The summed E-state index contributed by atoms with van der Waals surface area (Å²) in [7, 11) is 0. The normalized spacial score (nSPS) is 14.4. The van der Waals surface area contributed by atoms with Crippen LogP contribution in [0.1, 0.15) is 315 Å². The second kappa shape index (κ2) is 51.8. The molecule has 0 aromatic heterocycles. The molecule has 0 aliphatic heterocycles. The lowest BCUT2D eigenvalue weighted by Crippen LogP contribution is -2.16. The Morgan fingerprint density at radius 3 is 0.841 bits per heavy atom. The summed E-state index contributed by atoms with van der Waals surface area (Å²) < 4.78 is 63.1. The van der Waals surface area contributed by atoms with Gasteiger partial charge in [-0.05, 0) is 195 Å². The number of benzene rings is 8. The average Bonchev–Trinajstić information content (AvgIpc) is 0.828. The number of rotatable bonds is 44. The minimum Gasteiger partial charge on any atom is -0.493 e. The van der Waals surface area contributed by atoms with Crippen molar-refractivity contribution in [2.45, 2.75) is 309 Å². The van der Waals surface area contributed by atoms with Gasteiger partial charge in [-0.15, -0.1) is 0 Å². The minimum atomic E-state index is -0.623. The van der Waals surface area contributed by atoms with Crippen LogP contribution in [0.5, 0.6) is 57.5 Å². The molecule has 0 unspecified atom stereocenters. The van der Waals surface area contributed by atoms with Crippen LogP contribution < -0.4 is 47.4 Å². The molecule has 0 amide bonds. The lowest BCUT2D eigenvalue weighted by molar-refractivity contribution is 0.0715. The molecule has 12 nitrogen and oxygen atoms in total. The summed E-state index contributed by atoms with van der Waals surface area (Å²) in [5.74, 6) is 4.35. The number of hydrogen-bond donors (Lipinski definition) is 0. The van der Waals surface area contributed by atoms with Crippen LogP contribution in [0.15, 0.2) is 182 Å². The van der Waals surface area contributed by atoms with Gasteiger partial charge >= 0.3 is 11.9 Å². The Morgan fingerprint density at radius 1 is 0.265 bits per heavy atom. The molecular weight excluding hydrogens is 1410 g/mol. The van der Waals surface area contributed by atoms with Gasteiger partial charge in [-0.3, -0.25) is 0 Å². The topological polar surface area (TPSA) is 126 Å². The predicted molar refractivity (Wildman–Crippen MR) is 459 cm³/mol. The van der Waals surface area contributed by atoms with Crippen molar-refractivity contribution in [2.75, 3.05) is 20.0 Å². The van der Waals surface area contributed by atoms with Crippen LogP contribution in [0.25, 0.3) is 22.3 Å². The number of carbonyl (C=O) groups excluding carboxylic acids is 2. The van der Waals surface area contributed by atoms with Gasteiger partial charge in [0.25, 0.3) is 0 Å². The first-order valence-electron chi connectivity index (χ1n) is 44.2. The van der Waals surface area contributed by atoms with Crippen molar-refractivity contribution in [3.63, 3.8) is 0 Å². The average molecular weight is 1540 g/mol. The van der Waals surface area contributed by atoms with Crippen LogP contribution in [-0.4, -0.2) is 44.2 Å². The van der Waals surface area contributed by atoms with Crippen molar-refractivity contribution in [1.29, 1.82) is 0 Å². The highest BCUT2D eigenvalue weighted by molar-refractivity contribution is 5.95. The molecule has 8 aromatic rings. The molecule has 113 heavy (non-hydrogen) atoms. The van der Waals surface area contributed by atoms with E-state index in [1.165, 1.54) is 205 Å². The Bertz CT molecular complexity index is 3610. The molecule has 2 saturated carbocycles. The van der Waals surface area contributed by atoms with Gasteiger partial charge in [0, 0.05) is 12.1 Å². The van der Waals surface area contributed by atoms with E-state index < -0.39 is 11.9 Å².